The first-order valence-electron chi connectivity index (χ1n) is 23.3. The molecular formula is C55H56N2O8. The van der Waals surface area contributed by atoms with E-state index in [9.17, 15) is 14.7 Å². The predicted octanol–water partition coefficient (Wildman–Crippen LogP) is 12.4. The zero-order valence-electron chi connectivity index (χ0n) is 37.3. The van der Waals surface area contributed by atoms with E-state index in [4.69, 9.17) is 23.7 Å². The van der Waals surface area contributed by atoms with Crippen LogP contribution in [0.1, 0.15) is 113 Å². The summed E-state index contributed by atoms with van der Waals surface area (Å²) in [5, 5.41) is 12.9. The Kier molecular flexibility index (Phi) is 12.0. The molecule has 10 heteroatoms. The summed E-state index contributed by atoms with van der Waals surface area (Å²) in [6, 6.07) is 33.8. The Morgan fingerprint density at radius 2 is 1.11 bits per heavy atom. The highest BCUT2D eigenvalue weighted by Crippen LogP contribution is 2.51. The van der Waals surface area contributed by atoms with Gasteiger partial charge in [0, 0.05) is 32.9 Å². The minimum Gasteiger partial charge on any atom is -0.504 e. The molecule has 0 radical (unpaired) electrons. The molecule has 334 valence electrons. The standard InChI is InChI=1S/C31H31NO4.C24H25NO4/c1-34-31(33)23-15-16-24-26(19-23)32-17-18-35-30-25(29(32)28(24)22-11-6-3-7-12-22)13-8-14-27(30)36-20-21-9-4-2-5-10-21;1-28-24(27)16-10-11-17-19(14-16)25-12-13-29-23-18(8-5-9-20(23)26)22(25)21(17)15-6-3-2-4-7-15/h2,4-5,8-10,13-16,19,22H,3,6-7,11-12,17-18,20H2,1H3;5,8-11,14-15,26H,2-4,6-7,12-13H2,1H3. The molecule has 65 heavy (non-hydrogen) atoms. The zero-order chi connectivity index (χ0) is 44.4. The van der Waals surface area contributed by atoms with Crippen LogP contribution >= 0.6 is 0 Å². The second-order valence-electron chi connectivity index (χ2n) is 17.7. The zero-order valence-corrected chi connectivity index (χ0v) is 37.3. The van der Waals surface area contributed by atoms with E-state index in [-0.39, 0.29) is 17.7 Å². The average molecular weight is 873 g/mol. The van der Waals surface area contributed by atoms with Gasteiger partial charge in [-0.1, -0.05) is 93.1 Å². The van der Waals surface area contributed by atoms with E-state index in [0.717, 1.165) is 44.9 Å². The molecule has 2 saturated carbocycles. The molecule has 2 aliphatic carbocycles. The number of carbonyl (C=O) groups excluding carboxylic acids is 2. The largest absolute Gasteiger partial charge is 0.504 e. The number of carbonyl (C=O) groups is 2. The van der Waals surface area contributed by atoms with Crippen LogP contribution in [-0.2, 0) is 29.2 Å². The van der Waals surface area contributed by atoms with Gasteiger partial charge in [-0.05, 0) is 103 Å². The molecule has 0 bridgehead atoms. The number of benzene rings is 5. The van der Waals surface area contributed by atoms with Crippen molar-refractivity contribution in [2.75, 3.05) is 27.4 Å². The normalized spacial score (nSPS) is 16.0. The summed E-state index contributed by atoms with van der Waals surface area (Å²) in [7, 11) is 2.84. The second kappa shape index (κ2) is 18.4. The first-order chi connectivity index (χ1) is 31.9. The quantitative estimate of drug-likeness (QED) is 0.158. The molecule has 11 rings (SSSR count). The third kappa shape index (κ3) is 7.97. The van der Waals surface area contributed by atoms with Crippen molar-refractivity contribution in [2.24, 2.45) is 0 Å². The number of fused-ring (bicyclic) bond motifs is 10. The molecule has 2 aliphatic heterocycles. The average Bonchev–Trinajstić information content (AvgIpc) is 3.67. The van der Waals surface area contributed by atoms with E-state index in [1.807, 2.05) is 60.7 Å². The Balaban J connectivity index is 0.000000157. The summed E-state index contributed by atoms with van der Waals surface area (Å²) in [6.45, 7) is 2.85. The summed E-state index contributed by atoms with van der Waals surface area (Å²) < 4.78 is 33.2. The minimum absolute atomic E-state index is 0.172. The van der Waals surface area contributed by atoms with E-state index in [1.54, 1.807) is 6.07 Å². The third-order valence-corrected chi connectivity index (χ3v) is 13.9. The van der Waals surface area contributed by atoms with Gasteiger partial charge < -0.3 is 37.9 Å². The van der Waals surface area contributed by atoms with Crippen LogP contribution in [0.4, 0.5) is 0 Å². The highest BCUT2D eigenvalue weighted by Gasteiger charge is 2.32. The van der Waals surface area contributed by atoms with Gasteiger partial charge in [-0.25, -0.2) is 9.59 Å². The lowest BCUT2D eigenvalue weighted by Crippen LogP contribution is -2.07. The van der Waals surface area contributed by atoms with Gasteiger partial charge in [0.15, 0.2) is 23.0 Å². The highest BCUT2D eigenvalue weighted by molar-refractivity contribution is 6.01. The lowest BCUT2D eigenvalue weighted by Gasteiger charge is -2.24. The molecule has 0 amide bonds. The van der Waals surface area contributed by atoms with Gasteiger partial charge in [0.2, 0.25) is 0 Å². The molecule has 0 atom stereocenters. The van der Waals surface area contributed by atoms with Crippen molar-refractivity contribution < 1.29 is 38.4 Å². The Hall–Kier alpha value is -6.68. The molecule has 2 aromatic heterocycles. The van der Waals surface area contributed by atoms with Crippen molar-refractivity contribution in [3.05, 3.63) is 131 Å². The van der Waals surface area contributed by atoms with Crippen molar-refractivity contribution in [2.45, 2.75) is 95.7 Å². The molecule has 0 spiro atoms. The topological polar surface area (TPSA) is 110 Å². The fraction of sp³-hybridized carbons (Fsp3) is 0.345. The van der Waals surface area contributed by atoms with Gasteiger partial charge >= 0.3 is 11.9 Å². The number of hydrogen-bond acceptors (Lipinski definition) is 8. The van der Waals surface area contributed by atoms with E-state index in [0.29, 0.717) is 61.6 Å². The van der Waals surface area contributed by atoms with Crippen molar-refractivity contribution in [1.29, 1.82) is 0 Å². The van der Waals surface area contributed by atoms with Crippen LogP contribution in [0, 0.1) is 0 Å². The monoisotopic (exact) mass is 872 g/mol. The number of ether oxygens (including phenoxy) is 5. The maximum absolute atomic E-state index is 12.4. The van der Waals surface area contributed by atoms with Gasteiger partial charge in [-0.2, -0.15) is 0 Å². The van der Waals surface area contributed by atoms with Crippen LogP contribution in [0.25, 0.3) is 44.3 Å². The Morgan fingerprint density at radius 1 is 0.600 bits per heavy atom. The second-order valence-corrected chi connectivity index (χ2v) is 17.7. The summed E-state index contributed by atoms with van der Waals surface area (Å²) >= 11 is 0. The van der Waals surface area contributed by atoms with Gasteiger partial charge in [-0.3, -0.25) is 0 Å². The number of phenolic OH excluding ortho intramolecular Hbond substituents is 1. The maximum Gasteiger partial charge on any atom is 0.337 e. The van der Waals surface area contributed by atoms with Gasteiger partial charge in [0.25, 0.3) is 0 Å². The number of phenols is 1. The number of rotatable bonds is 7. The number of aromatic nitrogens is 2. The molecule has 7 aromatic rings. The molecule has 5 aromatic carbocycles. The molecule has 4 heterocycles. The Morgan fingerprint density at radius 3 is 1.65 bits per heavy atom. The fourth-order valence-electron chi connectivity index (χ4n) is 10.9. The van der Waals surface area contributed by atoms with Crippen LogP contribution in [0.15, 0.2) is 103 Å². The van der Waals surface area contributed by atoms with E-state index in [1.165, 1.54) is 106 Å². The van der Waals surface area contributed by atoms with E-state index < -0.39 is 0 Å². The molecule has 4 aliphatic rings. The lowest BCUT2D eigenvalue weighted by atomic mass is 9.81. The van der Waals surface area contributed by atoms with Crippen LogP contribution in [0.2, 0.25) is 0 Å². The van der Waals surface area contributed by atoms with Crippen LogP contribution in [-0.4, -0.2) is 53.6 Å². The number of nitrogens with zero attached hydrogens (tertiary/aromatic N) is 2. The smallest absolute Gasteiger partial charge is 0.337 e. The first kappa shape index (κ1) is 42.3. The van der Waals surface area contributed by atoms with Crippen LogP contribution in [0.5, 0.6) is 23.0 Å². The number of para-hydroxylation sites is 2. The minimum atomic E-state index is -0.329. The molecule has 0 saturated heterocycles. The Labute approximate surface area is 379 Å². The highest BCUT2D eigenvalue weighted by atomic mass is 16.5. The fourth-order valence-corrected chi connectivity index (χ4v) is 10.9. The number of hydrogen-bond donors (Lipinski definition) is 1. The van der Waals surface area contributed by atoms with Crippen molar-refractivity contribution in [1.82, 2.24) is 9.13 Å². The summed E-state index contributed by atoms with van der Waals surface area (Å²) in [5.74, 6) is 2.62. The van der Waals surface area contributed by atoms with Gasteiger partial charge in [-0.15, -0.1) is 0 Å². The SMILES string of the molecule is COC(=O)c1ccc2c(C3CCCCC3)c3n(c2c1)CCOc1c(O)cccc1-3.COC(=O)c1ccc2c(C3CCCCC3)c3n(c2c1)CCOc1c(OCc2ccccc2)cccc1-3. The van der Waals surface area contributed by atoms with Crippen LogP contribution in [0.3, 0.4) is 0 Å². The maximum atomic E-state index is 12.4. The molecule has 10 nitrogen and oxygen atoms in total. The number of aromatic hydroxyl groups is 1. The molecule has 0 unspecified atom stereocenters. The molecule has 2 fully saturated rings. The van der Waals surface area contributed by atoms with Gasteiger partial charge in [0.1, 0.15) is 19.8 Å². The lowest BCUT2D eigenvalue weighted by molar-refractivity contribution is 0.0592. The predicted molar refractivity (Wildman–Crippen MR) is 253 cm³/mol. The molecular weight excluding hydrogens is 817 g/mol. The summed E-state index contributed by atoms with van der Waals surface area (Å²) in [4.78, 5) is 24.5. The molecule has 1 N–H and O–H groups in total. The van der Waals surface area contributed by atoms with E-state index in [2.05, 4.69) is 45.5 Å². The number of esters is 2. The van der Waals surface area contributed by atoms with Crippen molar-refractivity contribution >= 4 is 33.7 Å². The van der Waals surface area contributed by atoms with Gasteiger partial charge in [0.05, 0.1) is 49.8 Å². The first-order valence-corrected chi connectivity index (χ1v) is 23.3. The van der Waals surface area contributed by atoms with Crippen molar-refractivity contribution in [3.63, 3.8) is 0 Å². The summed E-state index contributed by atoms with van der Waals surface area (Å²) in [6.07, 6.45) is 12.3. The summed E-state index contributed by atoms with van der Waals surface area (Å²) in [5.41, 5.74) is 11.4. The van der Waals surface area contributed by atoms with Crippen LogP contribution < -0.4 is 14.2 Å². The van der Waals surface area contributed by atoms with E-state index >= 15 is 0 Å². The number of methoxy groups -OCH3 is 2. The van der Waals surface area contributed by atoms with Crippen molar-refractivity contribution in [3.8, 4) is 45.5 Å². The third-order valence-electron chi connectivity index (χ3n) is 13.9. The Bertz CT molecular complexity index is 2880.